The van der Waals surface area contributed by atoms with Crippen molar-refractivity contribution in [3.8, 4) is 11.1 Å². The van der Waals surface area contributed by atoms with Crippen molar-refractivity contribution in [1.29, 1.82) is 0 Å². The van der Waals surface area contributed by atoms with Crippen molar-refractivity contribution in [2.45, 2.75) is 89.7 Å². The number of halogens is 2. The number of nitrogens with one attached hydrogen (secondary N) is 2. The van der Waals surface area contributed by atoms with Crippen LogP contribution in [0.1, 0.15) is 94.0 Å². The zero-order valence-corrected chi connectivity index (χ0v) is 26.9. The van der Waals surface area contributed by atoms with Crippen LogP contribution in [0.4, 0.5) is 4.79 Å². The molecule has 2 N–H and O–H groups in total. The van der Waals surface area contributed by atoms with Crippen LogP contribution in [0.2, 0.25) is 10.0 Å². The number of hydrogen-bond donors (Lipinski definition) is 2. The molecule has 2 aromatic rings. The molecule has 0 bridgehead atoms. The molecule has 3 atom stereocenters. The van der Waals surface area contributed by atoms with Crippen molar-refractivity contribution in [1.82, 2.24) is 15.5 Å². The molecule has 0 spiro atoms. The van der Waals surface area contributed by atoms with Gasteiger partial charge >= 0.3 is 6.09 Å². The highest BCUT2D eigenvalue weighted by Gasteiger charge is 2.40. The van der Waals surface area contributed by atoms with Crippen LogP contribution in [0.3, 0.4) is 0 Å². The van der Waals surface area contributed by atoms with E-state index in [0.29, 0.717) is 41.2 Å². The maximum Gasteiger partial charge on any atom is 0.407 e. The van der Waals surface area contributed by atoms with Crippen LogP contribution in [0.5, 0.6) is 0 Å². The number of hydrogen-bond acceptors (Lipinski definition) is 4. The number of likely N-dealkylation sites (tertiary alicyclic amines) is 1. The molecule has 2 saturated heterocycles. The van der Waals surface area contributed by atoms with E-state index in [9.17, 15) is 14.4 Å². The summed E-state index contributed by atoms with van der Waals surface area (Å²) >= 11 is 14.0. The van der Waals surface area contributed by atoms with E-state index < -0.39 is 11.7 Å². The van der Waals surface area contributed by atoms with Crippen LogP contribution in [0.25, 0.3) is 11.1 Å². The lowest BCUT2D eigenvalue weighted by molar-refractivity contribution is -0.123. The minimum atomic E-state index is -0.575. The van der Waals surface area contributed by atoms with Gasteiger partial charge < -0.3 is 20.3 Å². The minimum absolute atomic E-state index is 0.00928. The second kappa shape index (κ2) is 13.5. The molecule has 3 unspecified atom stereocenters. The first kappa shape index (κ1) is 31.6. The molecule has 2 aromatic carbocycles. The Morgan fingerprint density at radius 1 is 0.953 bits per heavy atom. The van der Waals surface area contributed by atoms with Crippen LogP contribution >= 0.6 is 23.2 Å². The largest absolute Gasteiger partial charge is 0.444 e. The Bertz CT molecular complexity index is 1310. The molecule has 5 rings (SSSR count). The third-order valence-electron chi connectivity index (χ3n) is 8.99. The average Bonchev–Trinajstić information content (AvgIpc) is 3.39. The number of rotatable bonds is 6. The Balaban J connectivity index is 1.30. The molecule has 1 saturated carbocycles. The molecule has 9 heteroatoms. The molecule has 1 aliphatic carbocycles. The molecule has 3 amide bonds. The van der Waals surface area contributed by atoms with Gasteiger partial charge in [0.2, 0.25) is 5.91 Å². The number of ether oxygens (including phenoxy) is 1. The van der Waals surface area contributed by atoms with Crippen LogP contribution in [-0.2, 0) is 9.53 Å². The van der Waals surface area contributed by atoms with Gasteiger partial charge in [0.05, 0.1) is 0 Å². The summed E-state index contributed by atoms with van der Waals surface area (Å²) in [4.78, 5) is 40.2. The molecule has 232 valence electrons. The molecule has 3 aliphatic rings. The smallest absolute Gasteiger partial charge is 0.407 e. The molecule has 7 nitrogen and oxygen atoms in total. The van der Waals surface area contributed by atoms with Gasteiger partial charge in [-0.3, -0.25) is 9.59 Å². The van der Waals surface area contributed by atoms with Crippen LogP contribution in [-0.4, -0.2) is 54.1 Å². The van der Waals surface area contributed by atoms with E-state index in [-0.39, 0.29) is 29.7 Å². The van der Waals surface area contributed by atoms with E-state index in [1.807, 2.05) is 57.2 Å². The maximum atomic E-state index is 13.3. The second-order valence-corrected chi connectivity index (χ2v) is 14.1. The lowest BCUT2D eigenvalue weighted by atomic mass is 9.70. The highest BCUT2D eigenvalue weighted by atomic mass is 35.5. The Morgan fingerprint density at radius 2 is 1.63 bits per heavy atom. The number of nitrogens with zero attached hydrogens (tertiary/aromatic N) is 1. The van der Waals surface area contributed by atoms with Crippen molar-refractivity contribution in [3.63, 3.8) is 0 Å². The standard InChI is InChI=1S/C34H43Cl2N3O4/c1-34(2,3)43-33(42)38-25-10-7-17-39(20-25)32(41)23-13-11-21(12-14-23)24-18-27(35)30(28(36)19-24)29(22-8-5-4-6-9-22)26-15-16-37-31(26)40/h11-14,18-19,22,25-26,29H,4-10,15-17,20H2,1-3H3,(H,37,40)(H,38,42). The SMILES string of the molecule is CC(C)(C)OC(=O)NC1CCCN(C(=O)c2ccc(-c3cc(Cl)c(C(C4CCCCC4)C4CCNC4=O)c(Cl)c3)cc2)C1. The zero-order valence-electron chi connectivity index (χ0n) is 25.4. The third kappa shape index (κ3) is 7.66. The van der Waals surface area contributed by atoms with E-state index in [1.54, 1.807) is 4.90 Å². The van der Waals surface area contributed by atoms with Crippen molar-refractivity contribution in [2.24, 2.45) is 11.8 Å². The summed E-state index contributed by atoms with van der Waals surface area (Å²) in [5, 5.41) is 7.10. The Hall–Kier alpha value is -2.77. The Morgan fingerprint density at radius 3 is 2.23 bits per heavy atom. The lowest BCUT2D eigenvalue weighted by Crippen LogP contribution is -2.50. The van der Waals surface area contributed by atoms with Gasteiger partial charge in [-0.05, 0) is 99.7 Å². The first-order valence-corrected chi connectivity index (χ1v) is 16.4. The fourth-order valence-corrected chi connectivity index (χ4v) is 7.76. The first-order chi connectivity index (χ1) is 20.5. The average molecular weight is 629 g/mol. The van der Waals surface area contributed by atoms with E-state index in [0.717, 1.165) is 48.8 Å². The predicted octanol–water partition coefficient (Wildman–Crippen LogP) is 7.59. The number of benzene rings is 2. The van der Waals surface area contributed by atoms with Crippen LogP contribution in [0.15, 0.2) is 36.4 Å². The molecule has 2 aliphatic heterocycles. The highest BCUT2D eigenvalue weighted by molar-refractivity contribution is 6.36. The Kier molecular flexibility index (Phi) is 9.92. The summed E-state index contributed by atoms with van der Waals surface area (Å²) in [7, 11) is 0. The number of carbonyl (C=O) groups is 3. The van der Waals surface area contributed by atoms with Crippen molar-refractivity contribution >= 4 is 41.1 Å². The summed E-state index contributed by atoms with van der Waals surface area (Å²) in [6.45, 7) is 7.26. The number of alkyl carbamates (subject to hydrolysis) is 1. The summed E-state index contributed by atoms with van der Waals surface area (Å²) in [5.74, 6) is 0.326. The summed E-state index contributed by atoms with van der Waals surface area (Å²) in [6, 6.07) is 11.2. The Labute approximate surface area is 265 Å². The van der Waals surface area contributed by atoms with Gasteiger partial charge in [-0.1, -0.05) is 54.6 Å². The quantitative estimate of drug-likeness (QED) is 0.345. The van der Waals surface area contributed by atoms with Gasteiger partial charge in [0.15, 0.2) is 0 Å². The van der Waals surface area contributed by atoms with Gasteiger partial charge in [0.25, 0.3) is 5.91 Å². The molecule has 0 radical (unpaired) electrons. The third-order valence-corrected chi connectivity index (χ3v) is 9.61. The lowest BCUT2D eigenvalue weighted by Gasteiger charge is -2.35. The number of amides is 3. The molecule has 43 heavy (non-hydrogen) atoms. The molecular formula is C34H43Cl2N3O4. The van der Waals surface area contributed by atoms with Crippen LogP contribution < -0.4 is 10.6 Å². The molecule has 2 heterocycles. The van der Waals surface area contributed by atoms with E-state index in [1.165, 1.54) is 19.3 Å². The van der Waals surface area contributed by atoms with Crippen molar-refractivity contribution < 1.29 is 19.1 Å². The molecule has 0 aromatic heterocycles. The molecular weight excluding hydrogens is 585 g/mol. The normalized spacial score (nSPS) is 22.2. The van der Waals surface area contributed by atoms with E-state index in [2.05, 4.69) is 10.6 Å². The number of carbonyl (C=O) groups excluding carboxylic acids is 3. The fourth-order valence-electron chi connectivity index (χ4n) is 7.03. The van der Waals surface area contributed by atoms with Gasteiger partial charge in [-0.2, -0.15) is 0 Å². The minimum Gasteiger partial charge on any atom is -0.444 e. The monoisotopic (exact) mass is 627 g/mol. The number of piperidine rings is 1. The second-order valence-electron chi connectivity index (χ2n) is 13.3. The zero-order chi connectivity index (χ0) is 30.7. The summed E-state index contributed by atoms with van der Waals surface area (Å²) in [5.41, 5.74) is 2.68. The summed E-state index contributed by atoms with van der Waals surface area (Å²) in [6.07, 6.45) is 7.71. The van der Waals surface area contributed by atoms with Gasteiger partial charge in [-0.25, -0.2) is 4.79 Å². The van der Waals surface area contributed by atoms with Crippen molar-refractivity contribution in [2.75, 3.05) is 19.6 Å². The first-order valence-electron chi connectivity index (χ1n) is 15.7. The predicted molar refractivity (Wildman–Crippen MR) is 171 cm³/mol. The van der Waals surface area contributed by atoms with Gasteiger partial charge in [0, 0.05) is 53.1 Å². The maximum absolute atomic E-state index is 13.3. The van der Waals surface area contributed by atoms with Crippen molar-refractivity contribution in [3.05, 3.63) is 57.6 Å². The van der Waals surface area contributed by atoms with E-state index in [4.69, 9.17) is 27.9 Å². The van der Waals surface area contributed by atoms with E-state index >= 15 is 0 Å². The van der Waals surface area contributed by atoms with Gasteiger partial charge in [-0.15, -0.1) is 0 Å². The topological polar surface area (TPSA) is 87.7 Å². The highest BCUT2D eigenvalue weighted by Crippen LogP contribution is 2.48. The van der Waals surface area contributed by atoms with Gasteiger partial charge in [0.1, 0.15) is 5.60 Å². The van der Waals surface area contributed by atoms with Crippen LogP contribution in [0, 0.1) is 11.8 Å². The fraction of sp³-hybridized carbons (Fsp3) is 0.559. The molecule has 3 fully saturated rings. The summed E-state index contributed by atoms with van der Waals surface area (Å²) < 4.78 is 5.38.